The summed E-state index contributed by atoms with van der Waals surface area (Å²) in [4.78, 5) is 0. The number of hydrogen-bond acceptors (Lipinski definition) is 1. The van der Waals surface area contributed by atoms with Crippen LogP contribution in [-0.4, -0.2) is 13.2 Å². The highest BCUT2D eigenvalue weighted by Gasteiger charge is 2.36. The van der Waals surface area contributed by atoms with Crippen LogP contribution in [-0.2, 0) is 4.74 Å². The lowest BCUT2D eigenvalue weighted by atomic mass is 9.63. The number of ether oxygens (including phenoxy) is 1. The lowest BCUT2D eigenvalue weighted by Gasteiger charge is -2.42. The Balaban J connectivity index is 0.000000260. The van der Waals surface area contributed by atoms with Gasteiger partial charge in [-0.05, 0) is 73.0 Å². The third-order valence-corrected chi connectivity index (χ3v) is 7.42. The fraction of sp³-hybridized carbons (Fsp3) is 1.00. The van der Waals surface area contributed by atoms with Crippen molar-refractivity contribution in [2.45, 2.75) is 113 Å². The Morgan fingerprint density at radius 2 is 0.962 bits per heavy atom. The fourth-order valence-corrected chi connectivity index (χ4v) is 5.69. The minimum absolute atomic E-state index is 0.576. The molecule has 0 radical (unpaired) electrons. The van der Waals surface area contributed by atoms with Gasteiger partial charge in [-0.15, -0.1) is 0 Å². The van der Waals surface area contributed by atoms with Gasteiger partial charge in [-0.1, -0.05) is 74.7 Å². The van der Waals surface area contributed by atoms with E-state index in [4.69, 9.17) is 4.74 Å². The second-order valence-corrected chi connectivity index (χ2v) is 10.9. The predicted molar refractivity (Wildman–Crippen MR) is 117 cm³/mol. The molecular weight excluding hydrogens is 316 g/mol. The zero-order chi connectivity index (χ0) is 19.8. The minimum atomic E-state index is 0.576. The average Bonchev–Trinajstić information content (AvgIpc) is 2.55. The van der Waals surface area contributed by atoms with Crippen LogP contribution in [0.3, 0.4) is 0 Å². The van der Waals surface area contributed by atoms with E-state index in [-0.39, 0.29) is 0 Å². The molecule has 2 aliphatic rings. The summed E-state index contributed by atoms with van der Waals surface area (Å²) in [6.07, 6.45) is 12.8. The number of hydrogen-bond donors (Lipinski definition) is 0. The highest BCUT2D eigenvalue weighted by Crippen LogP contribution is 2.47. The van der Waals surface area contributed by atoms with Gasteiger partial charge in [0, 0.05) is 13.2 Å². The molecule has 2 rings (SSSR count). The zero-order valence-corrected chi connectivity index (χ0v) is 19.5. The molecule has 1 saturated heterocycles. The molecule has 0 amide bonds. The molecular formula is C25H50O. The Labute approximate surface area is 166 Å². The van der Waals surface area contributed by atoms with Gasteiger partial charge in [0.05, 0.1) is 0 Å². The Morgan fingerprint density at radius 3 is 1.31 bits per heavy atom. The summed E-state index contributed by atoms with van der Waals surface area (Å²) < 4.78 is 5.46. The van der Waals surface area contributed by atoms with Crippen molar-refractivity contribution in [3.05, 3.63) is 0 Å². The van der Waals surface area contributed by atoms with E-state index in [9.17, 15) is 0 Å². The standard InChI is InChI=1S/C13H26.C12H24O/c1-11(2)10-13(12(3)4)8-6-5-7-9-13;1-10(2)9-12(11(3)4)5-7-13-8-6-12/h11-12H,5-10H2,1-4H3;10-11H,5-9H2,1-4H3. The van der Waals surface area contributed by atoms with Crippen molar-refractivity contribution in [1.29, 1.82) is 0 Å². The van der Waals surface area contributed by atoms with E-state index in [1.165, 1.54) is 57.8 Å². The van der Waals surface area contributed by atoms with Gasteiger partial charge < -0.3 is 4.74 Å². The van der Waals surface area contributed by atoms with E-state index in [1.54, 1.807) is 0 Å². The Kier molecular flexibility index (Phi) is 10.2. The monoisotopic (exact) mass is 366 g/mol. The molecule has 156 valence electrons. The molecule has 1 saturated carbocycles. The quantitative estimate of drug-likeness (QED) is 0.461. The van der Waals surface area contributed by atoms with Crippen LogP contribution in [0.4, 0.5) is 0 Å². The largest absolute Gasteiger partial charge is 0.381 e. The molecule has 1 nitrogen and oxygen atoms in total. The highest BCUT2D eigenvalue weighted by atomic mass is 16.5. The normalized spacial score (nSPS) is 22.6. The summed E-state index contributed by atoms with van der Waals surface area (Å²) in [7, 11) is 0. The highest BCUT2D eigenvalue weighted by molar-refractivity contribution is 4.86. The molecule has 0 N–H and O–H groups in total. The van der Waals surface area contributed by atoms with Crippen molar-refractivity contribution in [1.82, 2.24) is 0 Å². The first-order chi connectivity index (χ1) is 12.1. The van der Waals surface area contributed by atoms with E-state index in [0.717, 1.165) is 36.9 Å². The van der Waals surface area contributed by atoms with Crippen LogP contribution in [0.25, 0.3) is 0 Å². The van der Waals surface area contributed by atoms with Crippen LogP contribution in [0.15, 0.2) is 0 Å². The molecule has 1 heteroatoms. The van der Waals surface area contributed by atoms with Gasteiger partial charge in [-0.3, -0.25) is 0 Å². The first-order valence-electron chi connectivity index (χ1n) is 11.7. The second-order valence-electron chi connectivity index (χ2n) is 10.9. The average molecular weight is 367 g/mol. The smallest absolute Gasteiger partial charge is 0.0471 e. The van der Waals surface area contributed by atoms with Crippen LogP contribution in [0, 0.1) is 34.5 Å². The number of rotatable bonds is 6. The summed E-state index contributed by atoms with van der Waals surface area (Å²) in [5.74, 6) is 3.38. The van der Waals surface area contributed by atoms with Crippen LogP contribution >= 0.6 is 0 Å². The molecule has 2 fully saturated rings. The van der Waals surface area contributed by atoms with Crippen molar-refractivity contribution >= 4 is 0 Å². The molecule has 0 aromatic heterocycles. The van der Waals surface area contributed by atoms with Gasteiger partial charge in [0.25, 0.3) is 0 Å². The molecule has 0 aromatic rings. The molecule has 0 atom stereocenters. The van der Waals surface area contributed by atoms with Crippen LogP contribution in [0.5, 0.6) is 0 Å². The first kappa shape index (κ1) is 24.0. The third kappa shape index (κ3) is 7.17. The van der Waals surface area contributed by atoms with Crippen LogP contribution in [0.2, 0.25) is 0 Å². The minimum Gasteiger partial charge on any atom is -0.381 e. The van der Waals surface area contributed by atoms with Gasteiger partial charge >= 0.3 is 0 Å². The Hall–Kier alpha value is -0.0400. The summed E-state index contributed by atoms with van der Waals surface area (Å²) in [5, 5.41) is 0. The van der Waals surface area contributed by atoms with Crippen molar-refractivity contribution in [3.63, 3.8) is 0 Å². The summed E-state index contributed by atoms with van der Waals surface area (Å²) in [6.45, 7) is 21.0. The molecule has 26 heavy (non-hydrogen) atoms. The third-order valence-electron chi connectivity index (χ3n) is 7.42. The van der Waals surface area contributed by atoms with E-state index >= 15 is 0 Å². The van der Waals surface area contributed by atoms with Crippen molar-refractivity contribution < 1.29 is 4.74 Å². The topological polar surface area (TPSA) is 9.23 Å². The second kappa shape index (κ2) is 11.1. The van der Waals surface area contributed by atoms with Gasteiger partial charge in [0.2, 0.25) is 0 Å². The van der Waals surface area contributed by atoms with Crippen LogP contribution in [0.1, 0.15) is 113 Å². The SMILES string of the molecule is CC(C)CC1(C(C)C)CCCCC1.CC(C)CC1(C(C)C)CCOCC1. The summed E-state index contributed by atoms with van der Waals surface area (Å²) >= 11 is 0. The first-order valence-corrected chi connectivity index (χ1v) is 11.7. The summed E-state index contributed by atoms with van der Waals surface area (Å²) in [6, 6.07) is 0. The Morgan fingerprint density at radius 1 is 0.577 bits per heavy atom. The van der Waals surface area contributed by atoms with Gasteiger partial charge in [0.1, 0.15) is 0 Å². The molecule has 0 spiro atoms. The van der Waals surface area contributed by atoms with Crippen molar-refractivity contribution in [2.24, 2.45) is 34.5 Å². The summed E-state index contributed by atoms with van der Waals surface area (Å²) in [5.41, 5.74) is 1.28. The van der Waals surface area contributed by atoms with Crippen LogP contribution < -0.4 is 0 Å². The van der Waals surface area contributed by atoms with Gasteiger partial charge in [-0.2, -0.15) is 0 Å². The maximum atomic E-state index is 5.46. The molecule has 0 bridgehead atoms. The molecule has 0 aromatic carbocycles. The lowest BCUT2D eigenvalue weighted by Crippen LogP contribution is -2.35. The molecule has 1 aliphatic heterocycles. The maximum absolute atomic E-state index is 5.46. The van der Waals surface area contributed by atoms with E-state index < -0.39 is 0 Å². The lowest BCUT2D eigenvalue weighted by molar-refractivity contribution is -0.0220. The Bertz CT molecular complexity index is 318. The zero-order valence-electron chi connectivity index (χ0n) is 19.5. The predicted octanol–water partition coefficient (Wildman–Crippen LogP) is 8.12. The maximum Gasteiger partial charge on any atom is 0.0471 e. The van der Waals surface area contributed by atoms with Gasteiger partial charge in [-0.25, -0.2) is 0 Å². The van der Waals surface area contributed by atoms with E-state index in [0.29, 0.717) is 10.8 Å². The molecule has 1 aliphatic carbocycles. The molecule has 0 unspecified atom stereocenters. The molecule has 1 heterocycles. The van der Waals surface area contributed by atoms with E-state index in [1.807, 2.05) is 0 Å². The fourth-order valence-electron chi connectivity index (χ4n) is 5.69. The van der Waals surface area contributed by atoms with Crippen molar-refractivity contribution in [2.75, 3.05) is 13.2 Å². The van der Waals surface area contributed by atoms with Gasteiger partial charge in [0.15, 0.2) is 0 Å². The van der Waals surface area contributed by atoms with Crippen molar-refractivity contribution in [3.8, 4) is 0 Å². The van der Waals surface area contributed by atoms with E-state index in [2.05, 4.69) is 55.4 Å².